The molecule has 0 aliphatic rings. The van der Waals surface area contributed by atoms with E-state index in [1.807, 2.05) is 38.1 Å². The maximum atomic E-state index is 4.61. The highest BCUT2D eigenvalue weighted by Gasteiger charge is 2.07. The Hall–Kier alpha value is -1.78. The molecule has 1 heterocycles. The number of aliphatic imine (C=N–C) groups is 1. The van der Waals surface area contributed by atoms with Gasteiger partial charge in [0, 0.05) is 45.5 Å². The van der Waals surface area contributed by atoms with Crippen molar-refractivity contribution in [2.24, 2.45) is 12.0 Å². The van der Waals surface area contributed by atoms with E-state index < -0.39 is 0 Å². The summed E-state index contributed by atoms with van der Waals surface area (Å²) in [6, 6.07) is 0. The number of allylic oxidation sites excluding steroid dienone is 1. The fourth-order valence-electron chi connectivity index (χ4n) is 1.78. The molecule has 0 aliphatic carbocycles. The van der Waals surface area contributed by atoms with Crippen molar-refractivity contribution in [2.45, 2.75) is 26.8 Å². The van der Waals surface area contributed by atoms with Crippen molar-refractivity contribution in [1.82, 2.24) is 20.0 Å². The molecule has 19 heavy (non-hydrogen) atoms. The maximum absolute atomic E-state index is 4.61. The summed E-state index contributed by atoms with van der Waals surface area (Å²) >= 11 is 0. The van der Waals surface area contributed by atoms with Gasteiger partial charge in [-0.15, -0.1) is 0 Å². The van der Waals surface area contributed by atoms with E-state index >= 15 is 0 Å². The largest absolute Gasteiger partial charge is 0.357 e. The molecule has 1 N–H and O–H groups in total. The van der Waals surface area contributed by atoms with Gasteiger partial charge in [-0.3, -0.25) is 9.67 Å². The van der Waals surface area contributed by atoms with Crippen LogP contribution in [0, 0.1) is 0 Å². The zero-order valence-electron chi connectivity index (χ0n) is 12.4. The molecule has 0 unspecified atom stereocenters. The van der Waals surface area contributed by atoms with Gasteiger partial charge >= 0.3 is 0 Å². The summed E-state index contributed by atoms with van der Waals surface area (Å²) in [5, 5.41) is 7.49. The lowest BCUT2D eigenvalue weighted by Gasteiger charge is -2.21. The molecule has 0 spiro atoms. The van der Waals surface area contributed by atoms with Crippen LogP contribution in [0.3, 0.4) is 0 Å². The Kier molecular flexibility index (Phi) is 6.71. The summed E-state index contributed by atoms with van der Waals surface area (Å²) in [5.74, 6) is 0.941. The monoisotopic (exact) mass is 263 g/mol. The second kappa shape index (κ2) is 8.34. The molecule has 1 aromatic heterocycles. The van der Waals surface area contributed by atoms with Crippen LogP contribution in [0.4, 0.5) is 0 Å². The maximum Gasteiger partial charge on any atom is 0.193 e. The standard InChI is InChI=1S/C14H25N5/c1-5-7-8-9-16-14(15-6-2)18(3)11-13-10-17-19(4)12-13/h5,7,10,12H,6,8-9,11H2,1-4H3,(H,15,16)/b7-5+. The Morgan fingerprint density at radius 1 is 1.58 bits per heavy atom. The minimum absolute atomic E-state index is 0.809. The van der Waals surface area contributed by atoms with Crippen molar-refractivity contribution in [3.05, 3.63) is 30.1 Å². The molecule has 0 aliphatic heterocycles. The molecule has 0 fully saturated rings. The van der Waals surface area contributed by atoms with Gasteiger partial charge < -0.3 is 10.2 Å². The Balaban J connectivity index is 2.58. The average Bonchev–Trinajstić information content (AvgIpc) is 2.78. The lowest BCUT2D eigenvalue weighted by atomic mass is 10.3. The molecule has 0 saturated carbocycles. The Morgan fingerprint density at radius 2 is 2.37 bits per heavy atom. The summed E-state index contributed by atoms with van der Waals surface area (Å²) in [6.07, 6.45) is 9.09. The van der Waals surface area contributed by atoms with Crippen LogP contribution in [0.1, 0.15) is 25.8 Å². The van der Waals surface area contributed by atoms with Crippen LogP contribution in [0.25, 0.3) is 0 Å². The summed E-state index contributed by atoms with van der Waals surface area (Å²) in [7, 11) is 3.98. The van der Waals surface area contributed by atoms with E-state index in [4.69, 9.17) is 0 Å². The van der Waals surface area contributed by atoms with Crippen molar-refractivity contribution >= 4 is 5.96 Å². The van der Waals surface area contributed by atoms with Gasteiger partial charge in [0.2, 0.25) is 0 Å². The number of aromatic nitrogens is 2. The fourth-order valence-corrected chi connectivity index (χ4v) is 1.78. The first-order chi connectivity index (χ1) is 9.17. The van der Waals surface area contributed by atoms with Crippen molar-refractivity contribution in [3.8, 4) is 0 Å². The second-order valence-electron chi connectivity index (χ2n) is 4.47. The van der Waals surface area contributed by atoms with E-state index in [1.165, 1.54) is 5.56 Å². The van der Waals surface area contributed by atoms with E-state index in [0.717, 1.165) is 32.0 Å². The van der Waals surface area contributed by atoms with Crippen molar-refractivity contribution in [3.63, 3.8) is 0 Å². The fraction of sp³-hybridized carbons (Fsp3) is 0.571. The molecule has 106 valence electrons. The van der Waals surface area contributed by atoms with Gasteiger partial charge in [-0.25, -0.2) is 0 Å². The van der Waals surface area contributed by atoms with Gasteiger partial charge in [0.05, 0.1) is 6.20 Å². The predicted molar refractivity (Wildman–Crippen MR) is 80.1 cm³/mol. The summed E-state index contributed by atoms with van der Waals surface area (Å²) in [5.41, 5.74) is 1.18. The van der Waals surface area contributed by atoms with Gasteiger partial charge in [-0.2, -0.15) is 5.10 Å². The first-order valence-corrected chi connectivity index (χ1v) is 6.75. The van der Waals surface area contributed by atoms with E-state index in [0.29, 0.717) is 0 Å². The van der Waals surface area contributed by atoms with Gasteiger partial charge in [-0.1, -0.05) is 12.2 Å². The van der Waals surface area contributed by atoms with Crippen LogP contribution in [-0.2, 0) is 13.6 Å². The van der Waals surface area contributed by atoms with Gasteiger partial charge in [-0.05, 0) is 20.3 Å². The number of nitrogens with one attached hydrogen (secondary N) is 1. The topological polar surface area (TPSA) is 45.5 Å². The van der Waals surface area contributed by atoms with Crippen LogP contribution >= 0.6 is 0 Å². The highest BCUT2D eigenvalue weighted by atomic mass is 15.3. The first-order valence-electron chi connectivity index (χ1n) is 6.75. The highest BCUT2D eigenvalue weighted by molar-refractivity contribution is 5.79. The average molecular weight is 263 g/mol. The minimum atomic E-state index is 0.809. The number of rotatable bonds is 6. The van der Waals surface area contributed by atoms with Gasteiger partial charge in [0.25, 0.3) is 0 Å². The number of nitrogens with zero attached hydrogens (tertiary/aromatic N) is 4. The Morgan fingerprint density at radius 3 is 2.95 bits per heavy atom. The number of aryl methyl sites for hydroxylation is 1. The molecule has 1 aromatic rings. The third kappa shape index (κ3) is 5.59. The van der Waals surface area contributed by atoms with E-state index in [-0.39, 0.29) is 0 Å². The molecule has 1 rings (SSSR count). The Bertz CT molecular complexity index is 419. The third-order valence-corrected chi connectivity index (χ3v) is 2.67. The van der Waals surface area contributed by atoms with E-state index in [9.17, 15) is 0 Å². The molecule has 0 aromatic carbocycles. The zero-order chi connectivity index (χ0) is 14.1. The van der Waals surface area contributed by atoms with Crippen molar-refractivity contribution in [1.29, 1.82) is 0 Å². The molecule has 5 heteroatoms. The molecular formula is C14H25N5. The normalized spacial score (nSPS) is 12.1. The molecule has 0 radical (unpaired) electrons. The minimum Gasteiger partial charge on any atom is -0.357 e. The first kappa shape index (κ1) is 15.3. The summed E-state index contributed by atoms with van der Waals surface area (Å²) in [6.45, 7) is 6.61. The van der Waals surface area contributed by atoms with Crippen LogP contribution in [-0.4, -0.2) is 40.8 Å². The third-order valence-electron chi connectivity index (χ3n) is 2.67. The highest BCUT2D eigenvalue weighted by Crippen LogP contribution is 2.01. The summed E-state index contributed by atoms with van der Waals surface area (Å²) in [4.78, 5) is 6.73. The molecular weight excluding hydrogens is 238 g/mol. The Labute approximate surface area is 116 Å². The van der Waals surface area contributed by atoms with Crippen LogP contribution in [0.2, 0.25) is 0 Å². The lowest BCUT2D eigenvalue weighted by molar-refractivity contribution is 0.477. The number of hydrogen-bond donors (Lipinski definition) is 1. The van der Waals surface area contributed by atoms with Crippen LogP contribution in [0.15, 0.2) is 29.5 Å². The quantitative estimate of drug-likeness (QED) is 0.368. The smallest absolute Gasteiger partial charge is 0.193 e. The van der Waals surface area contributed by atoms with Crippen LogP contribution < -0.4 is 5.32 Å². The molecule has 0 saturated heterocycles. The van der Waals surface area contributed by atoms with Gasteiger partial charge in [0.1, 0.15) is 0 Å². The number of guanidine groups is 1. The molecule has 5 nitrogen and oxygen atoms in total. The second-order valence-corrected chi connectivity index (χ2v) is 4.47. The van der Waals surface area contributed by atoms with E-state index in [1.54, 1.807) is 0 Å². The van der Waals surface area contributed by atoms with Crippen LogP contribution in [0.5, 0.6) is 0 Å². The van der Waals surface area contributed by atoms with Crippen molar-refractivity contribution < 1.29 is 0 Å². The lowest BCUT2D eigenvalue weighted by Crippen LogP contribution is -2.38. The van der Waals surface area contributed by atoms with Crippen molar-refractivity contribution in [2.75, 3.05) is 20.1 Å². The van der Waals surface area contributed by atoms with Gasteiger partial charge in [0.15, 0.2) is 5.96 Å². The SMILES string of the molecule is C/C=C/CCN=C(NCC)N(C)Cc1cnn(C)c1. The number of hydrogen-bond acceptors (Lipinski definition) is 2. The molecule has 0 bridgehead atoms. The zero-order valence-corrected chi connectivity index (χ0v) is 12.4. The predicted octanol–water partition coefficient (Wildman–Crippen LogP) is 1.78. The molecule has 0 atom stereocenters. The molecule has 0 amide bonds. The van der Waals surface area contributed by atoms with E-state index in [2.05, 4.69) is 39.4 Å². The summed E-state index contributed by atoms with van der Waals surface area (Å²) < 4.78 is 1.82.